The lowest BCUT2D eigenvalue weighted by atomic mass is 10.2. The Bertz CT molecular complexity index is 1170. The molecule has 146 valence electrons. The minimum absolute atomic E-state index is 0.246. The van der Waals surface area contributed by atoms with Gasteiger partial charge in [-0.05, 0) is 70.6 Å². The van der Waals surface area contributed by atoms with Gasteiger partial charge in [-0.15, -0.1) is 0 Å². The lowest BCUT2D eigenvalue weighted by Gasteiger charge is -2.14. The first-order chi connectivity index (χ1) is 14.1. The molecule has 1 N–H and O–H groups in total. The summed E-state index contributed by atoms with van der Waals surface area (Å²) in [5.41, 5.74) is 2.42. The Hall–Kier alpha value is -2.94. The molecule has 0 amide bonds. The van der Waals surface area contributed by atoms with Crippen molar-refractivity contribution in [2.75, 3.05) is 12.4 Å². The van der Waals surface area contributed by atoms with Gasteiger partial charge in [0.05, 0.1) is 12.6 Å². The summed E-state index contributed by atoms with van der Waals surface area (Å²) in [6.45, 7) is 0.246. The maximum atomic E-state index is 13.3. The van der Waals surface area contributed by atoms with Crippen molar-refractivity contribution in [2.45, 2.75) is 6.61 Å². The lowest BCUT2D eigenvalue weighted by Crippen LogP contribution is -2.00. The number of hydrogen-bond donors (Lipinski definition) is 1. The van der Waals surface area contributed by atoms with Crippen LogP contribution in [-0.4, -0.2) is 17.1 Å². The molecule has 4 rings (SSSR count). The van der Waals surface area contributed by atoms with Crippen molar-refractivity contribution in [1.82, 2.24) is 9.97 Å². The Kier molecular flexibility index (Phi) is 5.75. The zero-order valence-electron chi connectivity index (χ0n) is 15.5. The van der Waals surface area contributed by atoms with E-state index in [9.17, 15) is 4.39 Å². The van der Waals surface area contributed by atoms with Crippen LogP contribution in [0.15, 0.2) is 67.0 Å². The molecule has 0 aliphatic heterocycles. The number of benzene rings is 3. The number of methoxy groups -OCH3 is 1. The number of fused-ring (bicyclic) bond motifs is 1. The van der Waals surface area contributed by atoms with Gasteiger partial charge in [0, 0.05) is 20.7 Å². The summed E-state index contributed by atoms with van der Waals surface area (Å²) in [5, 5.41) is 4.25. The van der Waals surface area contributed by atoms with Crippen LogP contribution in [0.1, 0.15) is 5.56 Å². The van der Waals surface area contributed by atoms with Crippen LogP contribution in [0.5, 0.6) is 11.5 Å². The van der Waals surface area contributed by atoms with E-state index in [1.54, 1.807) is 13.2 Å². The first kappa shape index (κ1) is 19.4. The molecule has 5 nitrogen and oxygen atoms in total. The predicted octanol–water partition coefficient (Wildman–Crippen LogP) is 5.70. The number of halogens is 2. The third-order valence-electron chi connectivity index (χ3n) is 4.31. The second kappa shape index (κ2) is 8.60. The average Bonchev–Trinajstić information content (AvgIpc) is 2.73. The molecule has 0 atom stereocenters. The van der Waals surface area contributed by atoms with Gasteiger partial charge in [-0.25, -0.2) is 14.4 Å². The van der Waals surface area contributed by atoms with Crippen molar-refractivity contribution in [3.05, 3.63) is 81.9 Å². The highest BCUT2D eigenvalue weighted by atomic mass is 127. The maximum Gasteiger partial charge on any atom is 0.162 e. The van der Waals surface area contributed by atoms with Gasteiger partial charge in [0.2, 0.25) is 0 Å². The van der Waals surface area contributed by atoms with Crippen molar-refractivity contribution < 1.29 is 13.9 Å². The second-order valence-electron chi connectivity index (χ2n) is 6.29. The molecule has 0 aliphatic carbocycles. The van der Waals surface area contributed by atoms with Crippen molar-refractivity contribution in [3.8, 4) is 11.5 Å². The topological polar surface area (TPSA) is 56.3 Å². The Labute approximate surface area is 181 Å². The molecular weight excluding hydrogens is 484 g/mol. The highest BCUT2D eigenvalue weighted by molar-refractivity contribution is 14.1. The van der Waals surface area contributed by atoms with E-state index in [0.717, 1.165) is 25.7 Å². The summed E-state index contributed by atoms with van der Waals surface area (Å²) < 4.78 is 25.7. The molecule has 3 aromatic carbocycles. The van der Waals surface area contributed by atoms with Crippen LogP contribution in [0.3, 0.4) is 0 Å². The summed E-state index contributed by atoms with van der Waals surface area (Å²) in [5.74, 6) is 1.57. The zero-order chi connectivity index (χ0) is 20.2. The quantitative estimate of drug-likeness (QED) is 0.344. The van der Waals surface area contributed by atoms with Gasteiger partial charge in [-0.3, -0.25) is 0 Å². The van der Waals surface area contributed by atoms with Crippen molar-refractivity contribution in [3.63, 3.8) is 0 Å². The summed E-state index contributed by atoms with van der Waals surface area (Å²) in [7, 11) is 1.58. The molecule has 0 saturated carbocycles. The van der Waals surface area contributed by atoms with Gasteiger partial charge in [0.15, 0.2) is 11.5 Å². The van der Waals surface area contributed by atoms with Crippen LogP contribution in [0, 0.1) is 9.39 Å². The van der Waals surface area contributed by atoms with E-state index >= 15 is 0 Å². The van der Waals surface area contributed by atoms with Crippen molar-refractivity contribution in [2.24, 2.45) is 0 Å². The molecule has 29 heavy (non-hydrogen) atoms. The molecule has 0 aliphatic rings. The fraction of sp³-hybridized carbons (Fsp3) is 0.0909. The monoisotopic (exact) mass is 501 g/mol. The Morgan fingerprint density at radius 1 is 1.00 bits per heavy atom. The fourth-order valence-electron chi connectivity index (χ4n) is 2.92. The minimum Gasteiger partial charge on any atom is -0.493 e. The van der Waals surface area contributed by atoms with Crippen LogP contribution in [0.25, 0.3) is 10.9 Å². The van der Waals surface area contributed by atoms with E-state index in [-0.39, 0.29) is 12.4 Å². The molecule has 0 saturated heterocycles. The summed E-state index contributed by atoms with van der Waals surface area (Å²) >= 11 is 2.26. The van der Waals surface area contributed by atoms with Crippen molar-refractivity contribution in [1.29, 1.82) is 0 Å². The number of nitrogens with one attached hydrogen (secondary N) is 1. The smallest absolute Gasteiger partial charge is 0.162 e. The highest BCUT2D eigenvalue weighted by Crippen LogP contribution is 2.33. The first-order valence-electron chi connectivity index (χ1n) is 8.85. The maximum absolute atomic E-state index is 13.3. The number of hydrogen-bond acceptors (Lipinski definition) is 5. The van der Waals surface area contributed by atoms with E-state index in [4.69, 9.17) is 9.47 Å². The molecule has 0 bridgehead atoms. The Balaban J connectivity index is 1.56. The standard InChI is InChI=1S/C22H17FIN3O2/c1-28-21-11-17(6-8-20(21)29-12-14-3-2-4-15(23)9-14)27-22-18-10-16(24)5-7-19(18)25-13-26-22/h2-11,13H,12H2,1H3,(H,25,26,27). The number of anilines is 2. The number of nitrogens with zero attached hydrogens (tertiary/aromatic N) is 2. The molecule has 0 unspecified atom stereocenters. The predicted molar refractivity (Wildman–Crippen MR) is 119 cm³/mol. The first-order valence-corrected chi connectivity index (χ1v) is 9.93. The van der Waals surface area contributed by atoms with E-state index in [1.165, 1.54) is 18.5 Å². The second-order valence-corrected chi connectivity index (χ2v) is 7.54. The van der Waals surface area contributed by atoms with Crippen LogP contribution in [0.2, 0.25) is 0 Å². The molecule has 0 radical (unpaired) electrons. The highest BCUT2D eigenvalue weighted by Gasteiger charge is 2.09. The largest absolute Gasteiger partial charge is 0.493 e. The minimum atomic E-state index is -0.288. The van der Waals surface area contributed by atoms with Gasteiger partial charge in [-0.2, -0.15) is 0 Å². The summed E-state index contributed by atoms with van der Waals surface area (Å²) in [4.78, 5) is 8.68. The fourth-order valence-corrected chi connectivity index (χ4v) is 3.41. The third kappa shape index (κ3) is 4.56. The van der Waals surface area contributed by atoms with E-state index < -0.39 is 0 Å². The van der Waals surface area contributed by atoms with Crippen LogP contribution in [0.4, 0.5) is 15.9 Å². The van der Waals surface area contributed by atoms with E-state index in [1.807, 2.05) is 42.5 Å². The molecule has 0 spiro atoms. The molecule has 7 heteroatoms. The number of ether oxygens (including phenoxy) is 2. The van der Waals surface area contributed by atoms with Crippen molar-refractivity contribution >= 4 is 45.0 Å². The summed E-state index contributed by atoms with van der Waals surface area (Å²) in [6, 6.07) is 17.9. The molecule has 1 heterocycles. The molecule has 4 aromatic rings. The van der Waals surface area contributed by atoms with Gasteiger partial charge in [0.25, 0.3) is 0 Å². The zero-order valence-corrected chi connectivity index (χ0v) is 17.7. The van der Waals surface area contributed by atoms with Gasteiger partial charge in [-0.1, -0.05) is 12.1 Å². The Morgan fingerprint density at radius 3 is 2.72 bits per heavy atom. The summed E-state index contributed by atoms with van der Waals surface area (Å²) in [6.07, 6.45) is 1.53. The van der Waals surface area contributed by atoms with Gasteiger partial charge < -0.3 is 14.8 Å². The van der Waals surface area contributed by atoms with Crippen LogP contribution >= 0.6 is 22.6 Å². The SMILES string of the molecule is COc1cc(Nc2ncnc3ccc(I)cc23)ccc1OCc1cccc(F)c1. The lowest BCUT2D eigenvalue weighted by molar-refractivity contribution is 0.284. The third-order valence-corrected chi connectivity index (χ3v) is 4.98. The van der Waals surface area contributed by atoms with Gasteiger partial charge >= 0.3 is 0 Å². The van der Waals surface area contributed by atoms with E-state index in [0.29, 0.717) is 17.3 Å². The molecule has 0 fully saturated rings. The normalized spacial score (nSPS) is 10.7. The van der Waals surface area contributed by atoms with E-state index in [2.05, 4.69) is 37.9 Å². The average molecular weight is 501 g/mol. The number of rotatable bonds is 6. The molecule has 1 aromatic heterocycles. The number of aromatic nitrogens is 2. The molecular formula is C22H17FIN3O2. The Morgan fingerprint density at radius 2 is 1.90 bits per heavy atom. The van der Waals surface area contributed by atoms with Crippen LogP contribution < -0.4 is 14.8 Å². The van der Waals surface area contributed by atoms with Gasteiger partial charge in [0.1, 0.15) is 24.6 Å². The van der Waals surface area contributed by atoms with Crippen LogP contribution in [-0.2, 0) is 6.61 Å².